The molecule has 0 saturated heterocycles. The van der Waals surface area contributed by atoms with Crippen LogP contribution in [0.4, 0.5) is 21.5 Å². The minimum Gasteiger partial charge on any atom is -0.377 e. The third kappa shape index (κ3) is 3.46. The van der Waals surface area contributed by atoms with Crippen molar-refractivity contribution in [1.82, 2.24) is 0 Å². The molecule has 124 valence electrons. The number of halogens is 2. The largest absolute Gasteiger partial charge is 0.377 e. The van der Waals surface area contributed by atoms with Crippen molar-refractivity contribution in [2.24, 2.45) is 0 Å². The molecule has 2 aromatic rings. The number of hydrogen-bond acceptors (Lipinski definition) is 4. The molecule has 0 radical (unpaired) electrons. The first-order valence-corrected chi connectivity index (χ1v) is 7.64. The van der Waals surface area contributed by atoms with Gasteiger partial charge in [-0.15, -0.1) is 0 Å². The summed E-state index contributed by atoms with van der Waals surface area (Å²) in [6.45, 7) is 0. The first-order chi connectivity index (χ1) is 11.5. The van der Waals surface area contributed by atoms with Crippen LogP contribution in [0.2, 0.25) is 5.02 Å². The second kappa shape index (κ2) is 6.45. The minimum absolute atomic E-state index is 0.0578. The third-order valence-corrected chi connectivity index (χ3v) is 3.89. The summed E-state index contributed by atoms with van der Waals surface area (Å²) in [5, 5.41) is 16.5. The molecule has 8 heteroatoms. The van der Waals surface area contributed by atoms with Crippen molar-refractivity contribution in [1.29, 1.82) is 0 Å². The van der Waals surface area contributed by atoms with Crippen LogP contribution >= 0.6 is 11.6 Å². The molecule has 1 saturated carbocycles. The monoisotopic (exact) mass is 349 g/mol. The lowest BCUT2D eigenvalue weighted by Crippen LogP contribution is -2.14. The Bertz CT molecular complexity index is 824. The van der Waals surface area contributed by atoms with Crippen molar-refractivity contribution in [2.75, 3.05) is 10.6 Å². The van der Waals surface area contributed by atoms with E-state index in [-0.39, 0.29) is 28.0 Å². The van der Waals surface area contributed by atoms with Gasteiger partial charge in [-0.1, -0.05) is 17.7 Å². The van der Waals surface area contributed by atoms with Crippen LogP contribution in [0, 0.1) is 15.9 Å². The number of nitro benzene ring substituents is 1. The van der Waals surface area contributed by atoms with Crippen LogP contribution in [-0.2, 0) is 0 Å². The Morgan fingerprint density at radius 3 is 2.67 bits per heavy atom. The molecule has 1 aliphatic rings. The number of nitrogens with zero attached hydrogens (tertiary/aromatic N) is 1. The molecular weight excluding hydrogens is 337 g/mol. The fourth-order valence-electron chi connectivity index (χ4n) is 2.19. The number of carbonyl (C=O) groups is 1. The third-order valence-electron chi connectivity index (χ3n) is 3.59. The number of anilines is 2. The molecule has 3 rings (SSSR count). The highest BCUT2D eigenvalue weighted by molar-refractivity contribution is 6.31. The van der Waals surface area contributed by atoms with Crippen molar-refractivity contribution in [3.63, 3.8) is 0 Å². The predicted molar refractivity (Wildman–Crippen MR) is 89.1 cm³/mol. The van der Waals surface area contributed by atoms with Gasteiger partial charge in [0, 0.05) is 17.7 Å². The Kier molecular flexibility index (Phi) is 4.35. The quantitative estimate of drug-likeness (QED) is 0.625. The van der Waals surface area contributed by atoms with E-state index in [1.807, 2.05) is 0 Å². The average Bonchev–Trinajstić information content (AvgIpc) is 3.36. The average molecular weight is 350 g/mol. The number of nitro groups is 1. The second-order valence-electron chi connectivity index (χ2n) is 5.46. The smallest absolute Gasteiger partial charge is 0.293 e. The van der Waals surface area contributed by atoms with Gasteiger partial charge in [0.1, 0.15) is 5.69 Å². The molecular formula is C16H13ClFN3O3. The fraction of sp³-hybridized carbons (Fsp3) is 0.188. The summed E-state index contributed by atoms with van der Waals surface area (Å²) in [7, 11) is 0. The summed E-state index contributed by atoms with van der Waals surface area (Å²) in [4.78, 5) is 22.9. The van der Waals surface area contributed by atoms with Gasteiger partial charge in [0.05, 0.1) is 15.6 Å². The number of amides is 1. The highest BCUT2D eigenvalue weighted by Crippen LogP contribution is 2.32. The molecule has 1 fully saturated rings. The van der Waals surface area contributed by atoms with E-state index in [9.17, 15) is 19.3 Å². The first-order valence-electron chi connectivity index (χ1n) is 7.26. The van der Waals surface area contributed by atoms with Crippen LogP contribution in [0.1, 0.15) is 23.2 Å². The van der Waals surface area contributed by atoms with Crippen LogP contribution in [0.15, 0.2) is 36.4 Å². The van der Waals surface area contributed by atoms with E-state index in [4.69, 9.17) is 11.6 Å². The van der Waals surface area contributed by atoms with Crippen molar-refractivity contribution >= 4 is 34.6 Å². The highest BCUT2D eigenvalue weighted by atomic mass is 35.5. The van der Waals surface area contributed by atoms with E-state index in [2.05, 4.69) is 10.6 Å². The number of hydrogen-bond donors (Lipinski definition) is 2. The molecule has 0 spiro atoms. The van der Waals surface area contributed by atoms with Gasteiger partial charge in [-0.05, 0) is 37.1 Å². The summed E-state index contributed by atoms with van der Waals surface area (Å²) in [5.41, 5.74) is 0.145. The Labute approximate surface area is 141 Å². The maximum Gasteiger partial charge on any atom is 0.293 e. The Hall–Kier alpha value is -2.67. The van der Waals surface area contributed by atoms with Crippen LogP contribution < -0.4 is 10.6 Å². The Morgan fingerprint density at radius 1 is 1.25 bits per heavy atom. The zero-order valence-corrected chi connectivity index (χ0v) is 13.1. The first kappa shape index (κ1) is 16.2. The molecule has 1 amide bonds. The van der Waals surface area contributed by atoms with E-state index in [0.717, 1.165) is 12.8 Å². The zero-order chi connectivity index (χ0) is 17.3. The van der Waals surface area contributed by atoms with Gasteiger partial charge >= 0.3 is 0 Å². The molecule has 0 unspecified atom stereocenters. The maximum atomic E-state index is 13.8. The topological polar surface area (TPSA) is 84.3 Å². The van der Waals surface area contributed by atoms with Gasteiger partial charge in [-0.2, -0.15) is 0 Å². The van der Waals surface area contributed by atoms with Gasteiger partial charge in [0.2, 0.25) is 0 Å². The molecule has 24 heavy (non-hydrogen) atoms. The maximum absolute atomic E-state index is 13.8. The van der Waals surface area contributed by atoms with Crippen LogP contribution in [0.3, 0.4) is 0 Å². The molecule has 0 aliphatic heterocycles. The predicted octanol–water partition coefficient (Wildman–Crippen LogP) is 4.21. The van der Waals surface area contributed by atoms with E-state index < -0.39 is 16.6 Å². The van der Waals surface area contributed by atoms with Crippen molar-refractivity contribution < 1.29 is 14.1 Å². The number of nitrogens with one attached hydrogen (secondary N) is 2. The van der Waals surface area contributed by atoms with E-state index in [1.165, 1.54) is 36.4 Å². The van der Waals surface area contributed by atoms with Crippen molar-refractivity contribution in [2.45, 2.75) is 18.9 Å². The fourth-order valence-corrected chi connectivity index (χ4v) is 2.36. The van der Waals surface area contributed by atoms with Crippen LogP contribution in [0.25, 0.3) is 0 Å². The van der Waals surface area contributed by atoms with E-state index >= 15 is 0 Å². The summed E-state index contributed by atoms with van der Waals surface area (Å²) in [6, 6.07) is 8.56. The highest BCUT2D eigenvalue weighted by Gasteiger charge is 2.25. The lowest BCUT2D eigenvalue weighted by atomic mass is 10.1. The molecule has 6 nitrogen and oxygen atoms in total. The Balaban J connectivity index is 1.85. The number of carbonyl (C=O) groups excluding carboxylic acids is 1. The van der Waals surface area contributed by atoms with E-state index in [1.54, 1.807) is 0 Å². The SMILES string of the molecule is O=C(Nc1cccc(Cl)c1F)c1ccc(NC2CC2)c([N+](=O)[O-])c1. The van der Waals surface area contributed by atoms with Gasteiger partial charge < -0.3 is 10.6 Å². The van der Waals surface area contributed by atoms with Gasteiger partial charge in [0.15, 0.2) is 5.82 Å². The van der Waals surface area contributed by atoms with Crippen molar-refractivity contribution in [3.8, 4) is 0 Å². The van der Waals surface area contributed by atoms with Gasteiger partial charge in [-0.3, -0.25) is 14.9 Å². The molecule has 0 aromatic heterocycles. The van der Waals surface area contributed by atoms with Crippen LogP contribution in [-0.4, -0.2) is 16.9 Å². The summed E-state index contributed by atoms with van der Waals surface area (Å²) < 4.78 is 13.8. The standard InChI is InChI=1S/C16H13ClFN3O3/c17-11-2-1-3-13(15(11)18)20-16(22)9-4-7-12(19-10-5-6-10)14(8-9)21(23)24/h1-4,7-8,10,19H,5-6H2,(H,20,22). The summed E-state index contributed by atoms with van der Waals surface area (Å²) >= 11 is 5.66. The Morgan fingerprint density at radius 2 is 2.00 bits per heavy atom. The van der Waals surface area contributed by atoms with Gasteiger partial charge in [-0.25, -0.2) is 4.39 Å². The van der Waals surface area contributed by atoms with Crippen LogP contribution in [0.5, 0.6) is 0 Å². The molecule has 2 aromatic carbocycles. The lowest BCUT2D eigenvalue weighted by molar-refractivity contribution is -0.384. The molecule has 2 N–H and O–H groups in total. The molecule has 1 aliphatic carbocycles. The van der Waals surface area contributed by atoms with E-state index in [0.29, 0.717) is 5.69 Å². The zero-order valence-electron chi connectivity index (χ0n) is 12.4. The molecule has 0 heterocycles. The lowest BCUT2D eigenvalue weighted by Gasteiger charge is -2.09. The van der Waals surface area contributed by atoms with Gasteiger partial charge in [0.25, 0.3) is 11.6 Å². The number of benzene rings is 2. The summed E-state index contributed by atoms with van der Waals surface area (Å²) in [5.74, 6) is -1.41. The molecule has 0 atom stereocenters. The summed E-state index contributed by atoms with van der Waals surface area (Å²) in [6.07, 6.45) is 1.93. The molecule has 0 bridgehead atoms. The normalized spacial score (nSPS) is 13.4. The van der Waals surface area contributed by atoms with Crippen molar-refractivity contribution in [3.05, 3.63) is 62.9 Å². The number of rotatable bonds is 5. The second-order valence-corrected chi connectivity index (χ2v) is 5.87. The minimum atomic E-state index is -0.756.